The Balaban J connectivity index is 1.71. The van der Waals surface area contributed by atoms with Gasteiger partial charge in [-0.25, -0.2) is 0 Å². The van der Waals surface area contributed by atoms with E-state index in [0.717, 1.165) is 11.3 Å². The van der Waals surface area contributed by atoms with E-state index in [-0.39, 0.29) is 18.1 Å². The molecule has 0 radical (unpaired) electrons. The van der Waals surface area contributed by atoms with Crippen LogP contribution in [0, 0.1) is 0 Å². The van der Waals surface area contributed by atoms with Gasteiger partial charge in [0.1, 0.15) is 5.37 Å². The fourth-order valence-electron chi connectivity index (χ4n) is 2.65. The number of hydrogen-bond donors (Lipinski definition) is 1. The third-order valence-corrected chi connectivity index (χ3v) is 4.94. The summed E-state index contributed by atoms with van der Waals surface area (Å²) in [4.78, 5) is 14.1. The van der Waals surface area contributed by atoms with Crippen LogP contribution in [0.3, 0.4) is 0 Å². The molecule has 2 aliphatic rings. The van der Waals surface area contributed by atoms with Crippen molar-refractivity contribution in [1.82, 2.24) is 0 Å². The molecule has 1 atom stereocenters. The van der Waals surface area contributed by atoms with Crippen LogP contribution in [0.1, 0.15) is 10.9 Å². The van der Waals surface area contributed by atoms with Crippen molar-refractivity contribution in [3.05, 3.63) is 48.0 Å². The number of hydrogen-bond acceptors (Lipinski definition) is 5. The van der Waals surface area contributed by atoms with Gasteiger partial charge in [0, 0.05) is 17.4 Å². The number of rotatable bonds is 2. The number of carbonyl (C=O) groups excluding carboxylic acids is 1. The number of carbonyl (C=O) groups is 1. The minimum atomic E-state index is -0.0477. The van der Waals surface area contributed by atoms with Crippen molar-refractivity contribution in [1.29, 1.82) is 0 Å². The highest BCUT2D eigenvalue weighted by Crippen LogP contribution is 2.44. The van der Waals surface area contributed by atoms with E-state index in [0.29, 0.717) is 22.9 Å². The van der Waals surface area contributed by atoms with Gasteiger partial charge in [0.2, 0.25) is 12.7 Å². The lowest BCUT2D eigenvalue weighted by Gasteiger charge is -2.24. The number of anilines is 2. The van der Waals surface area contributed by atoms with Gasteiger partial charge in [-0.3, -0.25) is 9.69 Å². The molecule has 2 aliphatic heterocycles. The Kier molecular flexibility index (Phi) is 3.11. The Hall–Kier alpha value is -2.34. The van der Waals surface area contributed by atoms with E-state index in [1.54, 1.807) is 16.7 Å². The number of fused-ring (bicyclic) bond motifs is 1. The van der Waals surface area contributed by atoms with Crippen molar-refractivity contribution in [3.63, 3.8) is 0 Å². The molecule has 6 heteroatoms. The summed E-state index contributed by atoms with van der Waals surface area (Å²) in [5, 5.41) is -0.0477. The normalized spacial score (nSPS) is 19.7. The highest BCUT2D eigenvalue weighted by atomic mass is 32.2. The van der Waals surface area contributed by atoms with Crippen LogP contribution in [0.15, 0.2) is 42.5 Å². The zero-order chi connectivity index (χ0) is 15.1. The Morgan fingerprint density at radius 2 is 1.86 bits per heavy atom. The third kappa shape index (κ3) is 2.16. The summed E-state index contributed by atoms with van der Waals surface area (Å²) in [6.45, 7) is 0.225. The monoisotopic (exact) mass is 314 g/mol. The number of benzene rings is 2. The zero-order valence-corrected chi connectivity index (χ0v) is 12.5. The first-order valence-electron chi connectivity index (χ1n) is 6.91. The molecule has 1 fully saturated rings. The van der Waals surface area contributed by atoms with Crippen LogP contribution in [0.5, 0.6) is 11.5 Å². The molecule has 0 spiro atoms. The first-order valence-corrected chi connectivity index (χ1v) is 7.96. The number of ether oxygens (including phenoxy) is 2. The van der Waals surface area contributed by atoms with E-state index in [4.69, 9.17) is 15.2 Å². The first-order chi connectivity index (χ1) is 10.7. The molecule has 1 saturated heterocycles. The van der Waals surface area contributed by atoms with Crippen LogP contribution in [0.2, 0.25) is 0 Å². The summed E-state index contributed by atoms with van der Waals surface area (Å²) in [6.07, 6.45) is 0. The molecule has 1 amide bonds. The number of nitrogens with zero attached hydrogens (tertiary/aromatic N) is 1. The largest absolute Gasteiger partial charge is 0.454 e. The van der Waals surface area contributed by atoms with Crippen LogP contribution in [-0.4, -0.2) is 18.5 Å². The fraction of sp³-hybridized carbons (Fsp3) is 0.188. The van der Waals surface area contributed by atoms with Gasteiger partial charge in [-0.05, 0) is 29.8 Å². The predicted molar refractivity (Wildman–Crippen MR) is 86.1 cm³/mol. The van der Waals surface area contributed by atoms with Crippen LogP contribution >= 0.6 is 11.8 Å². The predicted octanol–water partition coefficient (Wildman–Crippen LogP) is 2.78. The minimum absolute atomic E-state index is 0.0477. The summed E-state index contributed by atoms with van der Waals surface area (Å²) < 4.78 is 10.7. The molecule has 4 rings (SSSR count). The summed E-state index contributed by atoms with van der Waals surface area (Å²) >= 11 is 1.61. The lowest BCUT2D eigenvalue weighted by molar-refractivity contribution is -0.115. The van der Waals surface area contributed by atoms with Gasteiger partial charge in [0.25, 0.3) is 0 Å². The molecule has 0 unspecified atom stereocenters. The Morgan fingerprint density at radius 1 is 1.09 bits per heavy atom. The van der Waals surface area contributed by atoms with E-state index < -0.39 is 0 Å². The van der Waals surface area contributed by atoms with Crippen molar-refractivity contribution >= 4 is 29.0 Å². The van der Waals surface area contributed by atoms with Gasteiger partial charge in [-0.2, -0.15) is 0 Å². The van der Waals surface area contributed by atoms with Crippen LogP contribution in [-0.2, 0) is 4.79 Å². The highest BCUT2D eigenvalue weighted by molar-refractivity contribution is 8.00. The van der Waals surface area contributed by atoms with Crippen LogP contribution < -0.4 is 20.1 Å². The fourth-order valence-corrected chi connectivity index (χ4v) is 3.82. The van der Waals surface area contributed by atoms with E-state index in [9.17, 15) is 4.79 Å². The maximum atomic E-state index is 12.3. The molecule has 112 valence electrons. The maximum Gasteiger partial charge on any atom is 0.238 e. The molecule has 5 nitrogen and oxygen atoms in total. The van der Waals surface area contributed by atoms with Crippen molar-refractivity contribution in [2.75, 3.05) is 23.2 Å². The Bertz CT molecular complexity index is 733. The Morgan fingerprint density at radius 3 is 2.68 bits per heavy atom. The van der Waals surface area contributed by atoms with Gasteiger partial charge in [0.05, 0.1) is 5.75 Å². The summed E-state index contributed by atoms with van der Waals surface area (Å²) in [5.41, 5.74) is 8.34. The van der Waals surface area contributed by atoms with Crippen LogP contribution in [0.25, 0.3) is 0 Å². The zero-order valence-electron chi connectivity index (χ0n) is 11.7. The number of nitrogen functional groups attached to an aromatic ring is 1. The standard InChI is InChI=1S/C16H14N2O3S/c17-11-3-1-10(2-4-11)16-18(15(19)8-22-16)12-5-6-13-14(7-12)21-9-20-13/h1-7,16H,8-9,17H2/t16-/m0/s1. The lowest BCUT2D eigenvalue weighted by Crippen LogP contribution is -2.27. The quantitative estimate of drug-likeness (QED) is 0.864. The van der Waals surface area contributed by atoms with Gasteiger partial charge >= 0.3 is 0 Å². The van der Waals surface area contributed by atoms with Gasteiger partial charge in [-0.15, -0.1) is 11.8 Å². The molecule has 0 aliphatic carbocycles. The average Bonchev–Trinajstić information content (AvgIpc) is 3.13. The topological polar surface area (TPSA) is 64.8 Å². The first kappa shape index (κ1) is 13.3. The molecule has 0 saturated carbocycles. The van der Waals surface area contributed by atoms with Crippen molar-refractivity contribution < 1.29 is 14.3 Å². The molecule has 2 heterocycles. The van der Waals surface area contributed by atoms with Crippen LogP contribution in [0.4, 0.5) is 11.4 Å². The minimum Gasteiger partial charge on any atom is -0.454 e. The summed E-state index contributed by atoms with van der Waals surface area (Å²) in [7, 11) is 0. The van der Waals surface area contributed by atoms with E-state index in [1.807, 2.05) is 42.5 Å². The van der Waals surface area contributed by atoms with Gasteiger partial charge < -0.3 is 15.2 Å². The molecule has 0 aromatic heterocycles. The molecule has 0 bridgehead atoms. The number of amides is 1. The SMILES string of the molecule is Nc1ccc([C@@H]2SCC(=O)N2c2ccc3c(c2)OCO3)cc1. The second-order valence-electron chi connectivity index (χ2n) is 5.13. The summed E-state index contributed by atoms with van der Waals surface area (Å²) in [5.74, 6) is 1.94. The third-order valence-electron chi connectivity index (χ3n) is 3.72. The van der Waals surface area contributed by atoms with Gasteiger partial charge in [0.15, 0.2) is 11.5 Å². The van der Waals surface area contributed by atoms with E-state index >= 15 is 0 Å². The molecule has 22 heavy (non-hydrogen) atoms. The van der Waals surface area contributed by atoms with Crippen molar-refractivity contribution in [2.24, 2.45) is 0 Å². The molecule has 2 N–H and O–H groups in total. The number of thioether (sulfide) groups is 1. The highest BCUT2D eigenvalue weighted by Gasteiger charge is 2.34. The van der Waals surface area contributed by atoms with E-state index in [1.165, 1.54) is 0 Å². The number of nitrogens with two attached hydrogens (primary N) is 1. The second kappa shape index (κ2) is 5.14. The molecular weight excluding hydrogens is 300 g/mol. The molecular formula is C16H14N2O3S. The smallest absolute Gasteiger partial charge is 0.238 e. The molecule has 2 aromatic rings. The summed E-state index contributed by atoms with van der Waals surface area (Å²) in [6, 6.07) is 13.2. The molecule has 2 aromatic carbocycles. The van der Waals surface area contributed by atoms with Gasteiger partial charge in [-0.1, -0.05) is 12.1 Å². The maximum absolute atomic E-state index is 12.3. The van der Waals surface area contributed by atoms with Crippen molar-refractivity contribution in [2.45, 2.75) is 5.37 Å². The average molecular weight is 314 g/mol. The van der Waals surface area contributed by atoms with E-state index in [2.05, 4.69) is 0 Å². The second-order valence-corrected chi connectivity index (χ2v) is 6.20. The lowest BCUT2D eigenvalue weighted by atomic mass is 10.1. The Labute approximate surface area is 132 Å². The van der Waals surface area contributed by atoms with Crippen molar-refractivity contribution in [3.8, 4) is 11.5 Å².